The number of nitriles is 1. The molecule has 2 rings (SSSR count). The summed E-state index contributed by atoms with van der Waals surface area (Å²) in [5.41, 5.74) is -0.270. The maximum Gasteiger partial charge on any atom is 0.313 e. The zero-order valence-electron chi connectivity index (χ0n) is 10.8. The van der Waals surface area contributed by atoms with Crippen LogP contribution in [0.25, 0.3) is 10.8 Å². The van der Waals surface area contributed by atoms with Crippen LogP contribution in [0.1, 0.15) is 25.3 Å². The number of aliphatic carboxylic acids is 1. The van der Waals surface area contributed by atoms with Gasteiger partial charge in [-0.2, -0.15) is 5.26 Å². The summed E-state index contributed by atoms with van der Waals surface area (Å²) in [6.45, 7) is 1.68. The van der Waals surface area contributed by atoms with Gasteiger partial charge in [-0.3, -0.25) is 4.79 Å². The van der Waals surface area contributed by atoms with E-state index in [1.165, 1.54) is 0 Å². The second kappa shape index (κ2) is 5.11. The van der Waals surface area contributed by atoms with Gasteiger partial charge in [-0.05, 0) is 29.7 Å². The minimum Gasteiger partial charge on any atom is -0.481 e. The van der Waals surface area contributed by atoms with Gasteiger partial charge >= 0.3 is 5.97 Å². The van der Waals surface area contributed by atoms with Crippen molar-refractivity contribution in [2.24, 2.45) is 0 Å². The molecule has 19 heavy (non-hydrogen) atoms. The van der Waals surface area contributed by atoms with Crippen LogP contribution in [0.4, 0.5) is 0 Å². The lowest BCUT2D eigenvalue weighted by Crippen LogP contribution is -2.32. The van der Waals surface area contributed by atoms with E-state index in [0.717, 1.165) is 16.3 Å². The normalized spacial score (nSPS) is 13.7. The Bertz CT molecular complexity index is 657. The molecule has 3 nitrogen and oxygen atoms in total. The zero-order chi connectivity index (χ0) is 13.9. The summed E-state index contributed by atoms with van der Waals surface area (Å²) < 4.78 is 0. The third kappa shape index (κ3) is 2.43. The highest BCUT2D eigenvalue weighted by Crippen LogP contribution is 2.31. The number of nitrogens with zero attached hydrogens (tertiary/aromatic N) is 1. The molecule has 2 aromatic rings. The van der Waals surface area contributed by atoms with Gasteiger partial charge < -0.3 is 5.11 Å². The molecular weight excluding hydrogens is 238 g/mol. The van der Waals surface area contributed by atoms with Gasteiger partial charge in [0.15, 0.2) is 0 Å². The van der Waals surface area contributed by atoms with Crippen LogP contribution in [0.5, 0.6) is 0 Å². The topological polar surface area (TPSA) is 61.1 Å². The lowest BCUT2D eigenvalue weighted by atomic mass is 9.78. The molecular formula is C16H15NO2. The van der Waals surface area contributed by atoms with E-state index < -0.39 is 11.4 Å². The van der Waals surface area contributed by atoms with E-state index in [1.807, 2.05) is 48.5 Å². The highest BCUT2D eigenvalue weighted by Gasteiger charge is 2.34. The Labute approximate surface area is 112 Å². The number of carbonyl (C=O) groups is 1. The largest absolute Gasteiger partial charge is 0.481 e. The first-order valence-electron chi connectivity index (χ1n) is 6.17. The lowest BCUT2D eigenvalue weighted by Gasteiger charge is -2.24. The van der Waals surface area contributed by atoms with Gasteiger partial charge in [0, 0.05) is 6.42 Å². The van der Waals surface area contributed by atoms with Gasteiger partial charge in [0.1, 0.15) is 0 Å². The van der Waals surface area contributed by atoms with Crippen molar-refractivity contribution in [3.05, 3.63) is 48.0 Å². The second-order valence-electron chi connectivity index (χ2n) is 4.86. The monoisotopic (exact) mass is 253 g/mol. The number of carboxylic acid groups (broad SMARTS) is 1. The van der Waals surface area contributed by atoms with E-state index in [4.69, 9.17) is 5.26 Å². The minimum atomic E-state index is -1.01. The van der Waals surface area contributed by atoms with E-state index in [2.05, 4.69) is 0 Å². The molecule has 0 radical (unpaired) electrons. The fourth-order valence-electron chi connectivity index (χ4n) is 2.21. The number of fused-ring (bicyclic) bond motifs is 1. The van der Waals surface area contributed by atoms with Crippen LogP contribution in [-0.2, 0) is 10.2 Å². The Morgan fingerprint density at radius 1 is 1.26 bits per heavy atom. The van der Waals surface area contributed by atoms with Crippen LogP contribution in [0.2, 0.25) is 0 Å². The molecule has 1 unspecified atom stereocenters. The molecule has 0 fully saturated rings. The van der Waals surface area contributed by atoms with E-state index >= 15 is 0 Å². The Morgan fingerprint density at radius 3 is 2.58 bits per heavy atom. The molecule has 1 N–H and O–H groups in total. The number of carboxylic acids is 1. The van der Waals surface area contributed by atoms with Crippen LogP contribution >= 0.6 is 0 Å². The Balaban J connectivity index is 2.50. The van der Waals surface area contributed by atoms with Crippen molar-refractivity contribution in [2.75, 3.05) is 0 Å². The van der Waals surface area contributed by atoms with E-state index in [-0.39, 0.29) is 6.42 Å². The third-order valence-corrected chi connectivity index (χ3v) is 3.60. The number of benzene rings is 2. The molecule has 0 saturated heterocycles. The average molecular weight is 253 g/mol. The molecule has 3 heteroatoms. The fourth-order valence-corrected chi connectivity index (χ4v) is 2.21. The molecule has 0 bridgehead atoms. The van der Waals surface area contributed by atoms with Gasteiger partial charge in [0.25, 0.3) is 0 Å². The lowest BCUT2D eigenvalue weighted by molar-refractivity contribution is -0.143. The van der Waals surface area contributed by atoms with E-state index in [0.29, 0.717) is 6.42 Å². The summed E-state index contributed by atoms with van der Waals surface area (Å²) >= 11 is 0. The molecule has 2 aromatic carbocycles. The predicted molar refractivity (Wildman–Crippen MR) is 73.8 cm³/mol. The van der Waals surface area contributed by atoms with Crippen LogP contribution < -0.4 is 0 Å². The molecule has 0 spiro atoms. The molecule has 0 amide bonds. The van der Waals surface area contributed by atoms with Crippen molar-refractivity contribution in [3.8, 4) is 6.07 Å². The highest BCUT2D eigenvalue weighted by molar-refractivity contribution is 5.87. The Hall–Kier alpha value is -2.34. The van der Waals surface area contributed by atoms with Crippen molar-refractivity contribution in [1.82, 2.24) is 0 Å². The standard InChI is InChI=1S/C16H15NO2/c1-16(15(18)19,9-4-10-17)14-8-7-12-5-2-3-6-13(12)11-14/h2-3,5-8,11H,4,9H2,1H3,(H,18,19). The summed E-state index contributed by atoms with van der Waals surface area (Å²) in [6.07, 6.45) is 0.548. The van der Waals surface area contributed by atoms with Crippen molar-refractivity contribution in [2.45, 2.75) is 25.2 Å². The quantitative estimate of drug-likeness (QED) is 0.907. The molecule has 96 valence electrons. The summed E-state index contributed by atoms with van der Waals surface area (Å²) in [6, 6.07) is 15.5. The second-order valence-corrected chi connectivity index (χ2v) is 4.86. The highest BCUT2D eigenvalue weighted by atomic mass is 16.4. The summed E-state index contributed by atoms with van der Waals surface area (Å²) in [5, 5.41) is 20.3. The third-order valence-electron chi connectivity index (χ3n) is 3.60. The Kier molecular flexibility index (Phi) is 3.52. The summed E-state index contributed by atoms with van der Waals surface area (Å²) in [5.74, 6) is -0.891. The molecule has 0 aliphatic carbocycles. The smallest absolute Gasteiger partial charge is 0.313 e. The zero-order valence-corrected chi connectivity index (χ0v) is 10.8. The molecule has 0 heterocycles. The van der Waals surface area contributed by atoms with E-state index in [1.54, 1.807) is 6.92 Å². The number of rotatable bonds is 4. The van der Waals surface area contributed by atoms with Crippen molar-refractivity contribution >= 4 is 16.7 Å². The van der Waals surface area contributed by atoms with Crippen LogP contribution in [-0.4, -0.2) is 11.1 Å². The first-order chi connectivity index (χ1) is 9.08. The maximum atomic E-state index is 11.6. The summed E-state index contributed by atoms with van der Waals surface area (Å²) in [7, 11) is 0. The van der Waals surface area contributed by atoms with Crippen LogP contribution in [0.15, 0.2) is 42.5 Å². The number of hydrogen-bond acceptors (Lipinski definition) is 2. The van der Waals surface area contributed by atoms with Gasteiger partial charge in [-0.15, -0.1) is 0 Å². The number of hydrogen-bond donors (Lipinski definition) is 1. The minimum absolute atomic E-state index is 0.232. The maximum absolute atomic E-state index is 11.6. The molecule has 0 aromatic heterocycles. The van der Waals surface area contributed by atoms with Crippen molar-refractivity contribution < 1.29 is 9.90 Å². The summed E-state index contributed by atoms with van der Waals surface area (Å²) in [4.78, 5) is 11.6. The van der Waals surface area contributed by atoms with E-state index in [9.17, 15) is 9.90 Å². The molecule has 0 saturated carbocycles. The van der Waals surface area contributed by atoms with Crippen LogP contribution in [0.3, 0.4) is 0 Å². The first-order valence-corrected chi connectivity index (χ1v) is 6.17. The van der Waals surface area contributed by atoms with Gasteiger partial charge in [-0.25, -0.2) is 0 Å². The molecule has 1 atom stereocenters. The van der Waals surface area contributed by atoms with Crippen molar-refractivity contribution in [3.63, 3.8) is 0 Å². The van der Waals surface area contributed by atoms with Gasteiger partial charge in [0.05, 0.1) is 11.5 Å². The SMILES string of the molecule is CC(CCC#N)(C(=O)O)c1ccc2ccccc2c1. The molecule has 0 aliphatic heterocycles. The average Bonchev–Trinajstić information content (AvgIpc) is 2.44. The first kappa shape index (κ1) is 13.1. The van der Waals surface area contributed by atoms with Gasteiger partial charge in [0.2, 0.25) is 0 Å². The van der Waals surface area contributed by atoms with Crippen LogP contribution in [0, 0.1) is 11.3 Å². The molecule has 0 aliphatic rings. The Morgan fingerprint density at radius 2 is 1.95 bits per heavy atom. The fraction of sp³-hybridized carbons (Fsp3) is 0.250. The van der Waals surface area contributed by atoms with Gasteiger partial charge in [-0.1, -0.05) is 42.5 Å². The predicted octanol–water partition coefficient (Wildman–Crippen LogP) is 3.49. The van der Waals surface area contributed by atoms with Crippen molar-refractivity contribution in [1.29, 1.82) is 5.26 Å².